The Morgan fingerprint density at radius 1 is 0.838 bits per heavy atom. The van der Waals surface area contributed by atoms with Gasteiger partial charge in [0.25, 0.3) is 11.8 Å². The van der Waals surface area contributed by atoms with E-state index in [2.05, 4.69) is 24.5 Å². The molecule has 3 aromatic rings. The first-order valence-electron chi connectivity index (χ1n) is 12.5. The number of nitrogens with zero attached hydrogens (tertiary/aromatic N) is 1. The van der Waals surface area contributed by atoms with Crippen molar-refractivity contribution in [2.45, 2.75) is 38.1 Å². The smallest absolute Gasteiger partial charge is 0.255 e. The summed E-state index contributed by atoms with van der Waals surface area (Å²) in [6.07, 6.45) is 1.01. The third-order valence-electron chi connectivity index (χ3n) is 6.66. The highest BCUT2D eigenvalue weighted by atomic mass is 32.2. The molecule has 0 radical (unpaired) electrons. The van der Waals surface area contributed by atoms with Crippen LogP contribution in [0, 0.1) is 11.8 Å². The number of sulfonamides is 1. The predicted molar refractivity (Wildman–Crippen MR) is 145 cm³/mol. The van der Waals surface area contributed by atoms with Gasteiger partial charge in [-0.15, -0.1) is 0 Å². The molecule has 1 fully saturated rings. The van der Waals surface area contributed by atoms with Gasteiger partial charge in [0.2, 0.25) is 10.0 Å². The number of carbonyl (C=O) groups is 2. The predicted octanol–water partition coefficient (Wildman–Crippen LogP) is 5.10. The lowest BCUT2D eigenvalue weighted by atomic mass is 9.94. The molecule has 1 heterocycles. The summed E-state index contributed by atoms with van der Waals surface area (Å²) in [7, 11) is -3.63. The molecular weight excluding hydrogens is 486 g/mol. The van der Waals surface area contributed by atoms with E-state index < -0.39 is 15.9 Å². The fourth-order valence-corrected chi connectivity index (χ4v) is 6.49. The molecule has 194 valence electrons. The van der Waals surface area contributed by atoms with Gasteiger partial charge in [-0.05, 0) is 67.1 Å². The molecule has 2 amide bonds. The number of hydrogen-bond donors (Lipinski definition) is 2. The Labute approximate surface area is 218 Å². The highest BCUT2D eigenvalue weighted by Gasteiger charge is 2.31. The zero-order valence-electron chi connectivity index (χ0n) is 21.3. The summed E-state index contributed by atoms with van der Waals surface area (Å²) >= 11 is 0. The summed E-state index contributed by atoms with van der Waals surface area (Å²) in [4.78, 5) is 26.1. The number of nitrogens with one attached hydrogen (secondary N) is 2. The zero-order valence-corrected chi connectivity index (χ0v) is 22.2. The van der Waals surface area contributed by atoms with Gasteiger partial charge in [0, 0.05) is 18.7 Å². The monoisotopic (exact) mass is 519 g/mol. The van der Waals surface area contributed by atoms with Crippen molar-refractivity contribution in [3.05, 3.63) is 95.6 Å². The van der Waals surface area contributed by atoms with Crippen LogP contribution in [0.25, 0.3) is 0 Å². The summed E-state index contributed by atoms with van der Waals surface area (Å²) in [6.45, 7) is 7.01. The molecule has 8 heteroatoms. The summed E-state index contributed by atoms with van der Waals surface area (Å²) < 4.78 is 27.8. The van der Waals surface area contributed by atoms with Crippen molar-refractivity contribution in [2.24, 2.45) is 11.8 Å². The molecule has 4 rings (SSSR count). The molecule has 1 saturated heterocycles. The molecule has 3 atom stereocenters. The Kier molecular flexibility index (Phi) is 8.10. The highest BCUT2D eigenvalue weighted by molar-refractivity contribution is 7.89. The van der Waals surface area contributed by atoms with Gasteiger partial charge in [-0.2, -0.15) is 4.31 Å². The largest absolute Gasteiger partial charge is 0.345 e. The Bertz CT molecular complexity index is 1350. The molecule has 37 heavy (non-hydrogen) atoms. The van der Waals surface area contributed by atoms with Crippen LogP contribution in [0.5, 0.6) is 0 Å². The molecule has 0 saturated carbocycles. The van der Waals surface area contributed by atoms with Crippen LogP contribution < -0.4 is 10.6 Å². The minimum atomic E-state index is -3.63. The second-order valence-electron chi connectivity index (χ2n) is 9.90. The molecule has 0 aliphatic carbocycles. The molecule has 7 nitrogen and oxygen atoms in total. The second-order valence-corrected chi connectivity index (χ2v) is 11.8. The van der Waals surface area contributed by atoms with E-state index in [1.165, 1.54) is 28.6 Å². The van der Waals surface area contributed by atoms with E-state index in [0.29, 0.717) is 41.7 Å². The van der Waals surface area contributed by atoms with E-state index in [-0.39, 0.29) is 16.8 Å². The van der Waals surface area contributed by atoms with Gasteiger partial charge >= 0.3 is 0 Å². The lowest BCUT2D eigenvalue weighted by Crippen LogP contribution is -2.42. The zero-order chi connectivity index (χ0) is 26.6. The van der Waals surface area contributed by atoms with Gasteiger partial charge < -0.3 is 10.6 Å². The average Bonchev–Trinajstić information content (AvgIpc) is 2.89. The number of amides is 2. The van der Waals surface area contributed by atoms with Crippen molar-refractivity contribution in [1.29, 1.82) is 0 Å². The van der Waals surface area contributed by atoms with Crippen molar-refractivity contribution in [3.63, 3.8) is 0 Å². The van der Waals surface area contributed by atoms with Gasteiger partial charge in [-0.1, -0.05) is 56.3 Å². The molecule has 0 aromatic heterocycles. The average molecular weight is 520 g/mol. The molecule has 1 aliphatic heterocycles. The standard InChI is InChI=1S/C29H33N3O4S/c1-20-17-21(2)19-32(18-20)37(35,36)25-15-13-24(14-16-25)28(33)31-27-12-8-7-11-26(27)29(34)30-22(3)23-9-5-4-6-10-23/h4-16,20-22H,17-19H2,1-3H3,(H,30,34)(H,31,33). The quantitative estimate of drug-likeness (QED) is 0.454. The number of hydrogen-bond acceptors (Lipinski definition) is 4. The number of carbonyl (C=O) groups excluding carboxylic acids is 2. The molecule has 3 unspecified atom stereocenters. The second kappa shape index (κ2) is 11.3. The minimum Gasteiger partial charge on any atom is -0.345 e. The van der Waals surface area contributed by atoms with Crippen LogP contribution in [0.2, 0.25) is 0 Å². The normalized spacial score (nSPS) is 19.1. The first-order valence-corrected chi connectivity index (χ1v) is 14.0. The number of benzene rings is 3. The SMILES string of the molecule is CC1CC(C)CN(S(=O)(=O)c2ccc(C(=O)Nc3ccccc3C(=O)NC(C)c3ccccc3)cc2)C1. The number of piperidine rings is 1. The minimum absolute atomic E-state index is 0.167. The lowest BCUT2D eigenvalue weighted by Gasteiger charge is -2.34. The Balaban J connectivity index is 1.46. The fourth-order valence-electron chi connectivity index (χ4n) is 4.81. The maximum atomic E-state index is 13.1. The third kappa shape index (κ3) is 6.26. The summed E-state index contributed by atoms with van der Waals surface area (Å²) in [5.74, 6) is -0.132. The highest BCUT2D eigenvalue weighted by Crippen LogP contribution is 2.27. The maximum absolute atomic E-state index is 13.1. The van der Waals surface area contributed by atoms with Crippen LogP contribution >= 0.6 is 0 Å². The molecule has 1 aliphatic rings. The van der Waals surface area contributed by atoms with Crippen LogP contribution in [-0.2, 0) is 10.0 Å². The molecular formula is C29H33N3O4S. The summed E-state index contributed by atoms with van der Waals surface area (Å²) in [5, 5.41) is 5.76. The lowest BCUT2D eigenvalue weighted by molar-refractivity contribution is 0.0940. The van der Waals surface area contributed by atoms with Crippen LogP contribution in [-0.4, -0.2) is 37.6 Å². The van der Waals surface area contributed by atoms with E-state index in [1.54, 1.807) is 24.3 Å². The third-order valence-corrected chi connectivity index (χ3v) is 8.50. The Morgan fingerprint density at radius 3 is 2.08 bits per heavy atom. The van der Waals surface area contributed by atoms with Crippen LogP contribution in [0.15, 0.2) is 83.8 Å². The van der Waals surface area contributed by atoms with Crippen LogP contribution in [0.1, 0.15) is 59.5 Å². The van der Waals surface area contributed by atoms with Crippen molar-refractivity contribution < 1.29 is 18.0 Å². The van der Waals surface area contributed by atoms with E-state index in [0.717, 1.165) is 12.0 Å². The van der Waals surface area contributed by atoms with E-state index in [9.17, 15) is 18.0 Å². The van der Waals surface area contributed by atoms with E-state index in [1.807, 2.05) is 37.3 Å². The topological polar surface area (TPSA) is 95.6 Å². The first kappa shape index (κ1) is 26.6. The van der Waals surface area contributed by atoms with Crippen LogP contribution in [0.4, 0.5) is 5.69 Å². The molecule has 0 bridgehead atoms. The van der Waals surface area contributed by atoms with E-state index in [4.69, 9.17) is 0 Å². The molecule has 3 aromatic carbocycles. The fraction of sp³-hybridized carbons (Fsp3) is 0.310. The number of rotatable bonds is 7. The first-order chi connectivity index (χ1) is 17.6. The van der Waals surface area contributed by atoms with Gasteiger partial charge in [-0.3, -0.25) is 9.59 Å². The summed E-state index contributed by atoms with van der Waals surface area (Å²) in [5.41, 5.74) is 1.98. The van der Waals surface area contributed by atoms with Crippen molar-refractivity contribution in [1.82, 2.24) is 9.62 Å². The van der Waals surface area contributed by atoms with Crippen LogP contribution in [0.3, 0.4) is 0 Å². The molecule has 0 spiro atoms. The number of anilines is 1. The van der Waals surface area contributed by atoms with Gasteiger partial charge in [0.1, 0.15) is 0 Å². The van der Waals surface area contributed by atoms with Crippen molar-refractivity contribution in [2.75, 3.05) is 18.4 Å². The van der Waals surface area contributed by atoms with Gasteiger partial charge in [0.15, 0.2) is 0 Å². The van der Waals surface area contributed by atoms with Crippen molar-refractivity contribution in [3.8, 4) is 0 Å². The Hall–Kier alpha value is -3.49. The van der Waals surface area contributed by atoms with Gasteiger partial charge in [-0.25, -0.2) is 8.42 Å². The summed E-state index contributed by atoms with van der Waals surface area (Å²) in [6, 6.07) is 22.1. The maximum Gasteiger partial charge on any atom is 0.255 e. The molecule has 2 N–H and O–H groups in total. The Morgan fingerprint density at radius 2 is 1.43 bits per heavy atom. The van der Waals surface area contributed by atoms with Gasteiger partial charge in [0.05, 0.1) is 22.2 Å². The number of para-hydroxylation sites is 1. The van der Waals surface area contributed by atoms with Crippen molar-refractivity contribution >= 4 is 27.5 Å². The van der Waals surface area contributed by atoms with E-state index >= 15 is 0 Å².